The van der Waals surface area contributed by atoms with E-state index < -0.39 is 0 Å². The number of ketones is 1. The summed E-state index contributed by atoms with van der Waals surface area (Å²) in [6.07, 6.45) is 3.89. The van der Waals surface area contributed by atoms with Crippen molar-refractivity contribution in [1.82, 2.24) is 4.57 Å². The molecule has 0 aliphatic carbocycles. The van der Waals surface area contributed by atoms with Gasteiger partial charge in [0.15, 0.2) is 5.76 Å². The topological polar surface area (TPSA) is 40.5 Å². The average molecular weight is 444 g/mol. The summed E-state index contributed by atoms with van der Waals surface area (Å²) in [6.45, 7) is 5.19. The van der Waals surface area contributed by atoms with Gasteiger partial charge in [0.25, 0.3) is 0 Å². The predicted octanol–water partition coefficient (Wildman–Crippen LogP) is 6.82. The third-order valence-electron chi connectivity index (χ3n) is 5.74. The molecule has 4 nitrogen and oxygen atoms in total. The highest BCUT2D eigenvalue weighted by Crippen LogP contribution is 2.38. The van der Waals surface area contributed by atoms with E-state index >= 15 is 0 Å². The molecule has 0 amide bonds. The monoisotopic (exact) mass is 443 g/mol. The van der Waals surface area contributed by atoms with Gasteiger partial charge in [-0.3, -0.25) is 4.79 Å². The number of halogens is 1. The predicted molar refractivity (Wildman–Crippen MR) is 128 cm³/mol. The standard InChI is InChI=1S/C27H22ClNO3/c1-3-29-15-19(21-9-5-7-11-23(21)29)13-25-27(30)26-17(2)12-20(14-24(26)32-25)31-16-18-8-4-6-10-22(18)28/h4-15H,3,16H2,1-2H3/b25-13-. The number of allylic oxidation sites excluding steroid dienone is 1. The first-order valence-electron chi connectivity index (χ1n) is 10.6. The van der Waals surface area contributed by atoms with Crippen molar-refractivity contribution in [2.24, 2.45) is 0 Å². The molecule has 4 aromatic rings. The van der Waals surface area contributed by atoms with E-state index in [2.05, 4.69) is 29.8 Å². The van der Waals surface area contributed by atoms with Crippen LogP contribution in [0.25, 0.3) is 17.0 Å². The summed E-state index contributed by atoms with van der Waals surface area (Å²) in [5.41, 5.74) is 4.40. The summed E-state index contributed by atoms with van der Waals surface area (Å²) >= 11 is 6.23. The summed E-state index contributed by atoms with van der Waals surface area (Å²) < 4.78 is 14.1. The molecule has 0 N–H and O–H groups in total. The first kappa shape index (κ1) is 20.4. The fourth-order valence-electron chi connectivity index (χ4n) is 4.13. The van der Waals surface area contributed by atoms with Gasteiger partial charge in [0.05, 0.1) is 5.56 Å². The number of hydrogen-bond acceptors (Lipinski definition) is 3. The Morgan fingerprint density at radius 3 is 2.69 bits per heavy atom. The molecule has 2 heterocycles. The lowest BCUT2D eigenvalue weighted by molar-refractivity contribution is 0.101. The fourth-order valence-corrected chi connectivity index (χ4v) is 4.32. The second kappa shape index (κ2) is 8.21. The minimum atomic E-state index is -0.108. The van der Waals surface area contributed by atoms with Crippen molar-refractivity contribution in [2.45, 2.75) is 27.0 Å². The van der Waals surface area contributed by atoms with Crippen molar-refractivity contribution in [3.8, 4) is 11.5 Å². The molecular weight excluding hydrogens is 422 g/mol. The van der Waals surface area contributed by atoms with Crippen LogP contribution >= 0.6 is 11.6 Å². The van der Waals surface area contributed by atoms with Crippen LogP contribution in [0.5, 0.6) is 11.5 Å². The number of carbonyl (C=O) groups is 1. The maximum absolute atomic E-state index is 13.1. The van der Waals surface area contributed by atoms with Crippen LogP contribution in [0.4, 0.5) is 0 Å². The number of benzene rings is 3. The molecule has 0 bridgehead atoms. The Kier molecular flexibility index (Phi) is 5.24. The molecule has 1 aliphatic rings. The van der Waals surface area contributed by atoms with Gasteiger partial charge in [-0.05, 0) is 43.7 Å². The Hall–Kier alpha value is -3.50. The third-order valence-corrected chi connectivity index (χ3v) is 6.11. The Labute approximate surface area is 191 Å². The molecule has 3 aromatic carbocycles. The normalized spacial score (nSPS) is 14.1. The molecule has 0 fully saturated rings. The fraction of sp³-hybridized carbons (Fsp3) is 0.148. The number of hydrogen-bond donors (Lipinski definition) is 0. The highest BCUT2D eigenvalue weighted by Gasteiger charge is 2.30. The SMILES string of the molecule is CCn1cc(/C=C2\Oc3cc(OCc4ccccc4Cl)cc(C)c3C2=O)c2ccccc21. The van der Waals surface area contributed by atoms with Crippen LogP contribution in [0.15, 0.2) is 72.6 Å². The van der Waals surface area contributed by atoms with Crippen LogP contribution in [-0.4, -0.2) is 10.4 Å². The van der Waals surface area contributed by atoms with Crippen LogP contribution in [-0.2, 0) is 13.2 Å². The maximum atomic E-state index is 13.1. The van der Waals surface area contributed by atoms with E-state index in [1.165, 1.54) is 0 Å². The van der Waals surface area contributed by atoms with Crippen molar-refractivity contribution in [1.29, 1.82) is 0 Å². The van der Waals surface area contributed by atoms with Gasteiger partial charge in [-0.2, -0.15) is 0 Å². The van der Waals surface area contributed by atoms with E-state index in [0.717, 1.165) is 34.1 Å². The van der Waals surface area contributed by atoms with Gasteiger partial charge < -0.3 is 14.0 Å². The van der Waals surface area contributed by atoms with E-state index in [4.69, 9.17) is 21.1 Å². The van der Waals surface area contributed by atoms with Gasteiger partial charge in [0, 0.05) is 45.9 Å². The zero-order valence-electron chi connectivity index (χ0n) is 17.9. The molecule has 0 atom stereocenters. The summed E-state index contributed by atoms with van der Waals surface area (Å²) in [5, 5.41) is 1.75. The summed E-state index contributed by atoms with van der Waals surface area (Å²) in [6, 6.07) is 19.4. The minimum absolute atomic E-state index is 0.108. The van der Waals surface area contributed by atoms with Crippen molar-refractivity contribution < 1.29 is 14.3 Å². The Morgan fingerprint density at radius 1 is 1.09 bits per heavy atom. The van der Waals surface area contributed by atoms with Crippen LogP contribution in [0.1, 0.15) is 34.0 Å². The van der Waals surface area contributed by atoms with Crippen LogP contribution < -0.4 is 9.47 Å². The quantitative estimate of drug-likeness (QED) is 0.318. The molecule has 0 saturated carbocycles. The first-order valence-corrected chi connectivity index (χ1v) is 11.0. The largest absolute Gasteiger partial charge is 0.489 e. The van der Waals surface area contributed by atoms with E-state index in [0.29, 0.717) is 34.5 Å². The number of aromatic nitrogens is 1. The number of fused-ring (bicyclic) bond motifs is 2. The van der Waals surface area contributed by atoms with Crippen molar-refractivity contribution >= 4 is 34.4 Å². The Morgan fingerprint density at radius 2 is 1.88 bits per heavy atom. The van der Waals surface area contributed by atoms with Crippen molar-refractivity contribution in [3.05, 3.63) is 99.9 Å². The van der Waals surface area contributed by atoms with Gasteiger partial charge in [-0.1, -0.05) is 48.0 Å². The van der Waals surface area contributed by atoms with Gasteiger partial charge in [0.2, 0.25) is 5.78 Å². The van der Waals surface area contributed by atoms with Crippen LogP contribution in [0.2, 0.25) is 5.02 Å². The zero-order chi connectivity index (χ0) is 22.2. The van der Waals surface area contributed by atoms with Gasteiger partial charge in [-0.25, -0.2) is 0 Å². The highest BCUT2D eigenvalue weighted by molar-refractivity contribution is 6.31. The van der Waals surface area contributed by atoms with E-state index in [1.807, 2.05) is 55.5 Å². The van der Waals surface area contributed by atoms with Gasteiger partial charge in [-0.15, -0.1) is 0 Å². The van der Waals surface area contributed by atoms with E-state index in [9.17, 15) is 4.79 Å². The zero-order valence-corrected chi connectivity index (χ0v) is 18.6. The Bertz CT molecular complexity index is 1380. The smallest absolute Gasteiger partial charge is 0.232 e. The number of para-hydroxylation sites is 1. The third kappa shape index (κ3) is 3.57. The van der Waals surface area contributed by atoms with E-state index in [-0.39, 0.29) is 5.78 Å². The van der Waals surface area contributed by atoms with Crippen molar-refractivity contribution in [3.63, 3.8) is 0 Å². The molecule has 1 aromatic heterocycles. The lowest BCUT2D eigenvalue weighted by atomic mass is 10.0. The molecular formula is C27H22ClNO3. The molecule has 32 heavy (non-hydrogen) atoms. The summed E-state index contributed by atoms with van der Waals surface area (Å²) in [5.74, 6) is 1.38. The minimum Gasteiger partial charge on any atom is -0.489 e. The number of carbonyl (C=O) groups excluding carboxylic acids is 1. The van der Waals surface area contributed by atoms with Gasteiger partial charge in [0.1, 0.15) is 18.1 Å². The molecule has 5 rings (SSSR count). The molecule has 160 valence electrons. The number of rotatable bonds is 5. The first-order chi connectivity index (χ1) is 15.5. The Balaban J connectivity index is 1.45. The maximum Gasteiger partial charge on any atom is 0.232 e. The lowest BCUT2D eigenvalue weighted by Crippen LogP contribution is -2.00. The second-order valence-corrected chi connectivity index (χ2v) is 8.23. The number of nitrogens with zero attached hydrogens (tertiary/aromatic N) is 1. The van der Waals surface area contributed by atoms with Crippen LogP contribution in [0, 0.1) is 6.92 Å². The summed E-state index contributed by atoms with van der Waals surface area (Å²) in [4.78, 5) is 13.1. The highest BCUT2D eigenvalue weighted by atomic mass is 35.5. The molecule has 0 saturated heterocycles. The average Bonchev–Trinajstić information content (AvgIpc) is 3.31. The number of Topliss-reactive ketones (excluding diaryl/α,β-unsaturated/α-hetero) is 1. The van der Waals surface area contributed by atoms with E-state index in [1.54, 1.807) is 6.07 Å². The molecule has 0 spiro atoms. The second-order valence-electron chi connectivity index (χ2n) is 7.82. The number of ether oxygens (including phenoxy) is 2. The molecule has 0 unspecified atom stereocenters. The molecule has 5 heteroatoms. The van der Waals surface area contributed by atoms with Gasteiger partial charge >= 0.3 is 0 Å². The van der Waals surface area contributed by atoms with Crippen LogP contribution in [0.3, 0.4) is 0 Å². The molecule has 1 aliphatic heterocycles. The van der Waals surface area contributed by atoms with Crippen molar-refractivity contribution in [2.75, 3.05) is 0 Å². The lowest BCUT2D eigenvalue weighted by Gasteiger charge is -2.10. The number of aryl methyl sites for hydroxylation is 2. The molecule has 0 radical (unpaired) electrons. The summed E-state index contributed by atoms with van der Waals surface area (Å²) in [7, 11) is 0.